The van der Waals surface area contributed by atoms with E-state index in [0.717, 1.165) is 0 Å². The van der Waals surface area contributed by atoms with Gasteiger partial charge in [-0.2, -0.15) is 158 Å². The lowest BCUT2D eigenvalue weighted by Crippen LogP contribution is -2.77. The second kappa shape index (κ2) is 19.2. The molecule has 0 heterocycles. The number of carboxylic acid groups (broad SMARTS) is 2. The van der Waals surface area contributed by atoms with Crippen LogP contribution in [0.2, 0.25) is 0 Å². The van der Waals surface area contributed by atoms with E-state index < -0.39 is 181 Å². The maximum absolute atomic E-state index is 15.5. The second-order valence-corrected chi connectivity index (χ2v) is 16.4. The van der Waals surface area contributed by atoms with Crippen LogP contribution >= 0.6 is 0 Å². The summed E-state index contributed by atoms with van der Waals surface area (Å²) in [6.07, 6.45) is -33.2. The molecular weight excluding hydrogens is 1220 g/mol. The molecule has 1 fully saturated rings. The summed E-state index contributed by atoms with van der Waals surface area (Å²) in [7, 11) is 0. The minimum Gasteiger partial charge on any atom is -0.465 e. The van der Waals surface area contributed by atoms with Gasteiger partial charge in [0.15, 0.2) is 0 Å². The maximum Gasteiger partial charge on any atom is 0.405 e. The summed E-state index contributed by atoms with van der Waals surface area (Å²) >= 11 is 0. The fraction of sp³-hybridized carbons (Fsp3) is 0.935. The average molecular weight is 1240 g/mol. The number of carbonyl (C=O) groups is 2. The van der Waals surface area contributed by atoms with Gasteiger partial charge in [0.25, 0.3) is 0 Å². The van der Waals surface area contributed by atoms with Crippen LogP contribution in [-0.2, 0) is 0 Å². The van der Waals surface area contributed by atoms with Crippen molar-refractivity contribution < 1.29 is 195 Å². The molecule has 1 aliphatic carbocycles. The van der Waals surface area contributed by atoms with Crippen molar-refractivity contribution in [3.05, 3.63) is 0 Å². The Morgan fingerprint density at radius 1 is 0.416 bits per heavy atom. The monoisotopic (exact) mass is 1240 g/mol. The normalized spacial score (nSPS) is 21.9. The van der Waals surface area contributed by atoms with E-state index >= 15 is 35.1 Å². The third kappa shape index (κ3) is 9.49. The van der Waals surface area contributed by atoms with Gasteiger partial charge in [-0.3, -0.25) is 0 Å². The van der Waals surface area contributed by atoms with Crippen molar-refractivity contribution in [1.29, 1.82) is 0 Å². The Balaban J connectivity index is 4.40. The lowest BCUT2D eigenvalue weighted by atomic mass is 9.61. The molecule has 0 aliphatic heterocycles. The Morgan fingerprint density at radius 3 is 0.909 bits per heavy atom. The molecule has 46 heteroatoms. The molecule has 0 bridgehead atoms. The van der Waals surface area contributed by atoms with E-state index in [0.29, 0.717) is 5.32 Å². The van der Waals surface area contributed by atoms with E-state index in [2.05, 4.69) is 0 Å². The third-order valence-electron chi connectivity index (χ3n) is 11.5. The van der Waals surface area contributed by atoms with Crippen LogP contribution in [0.1, 0.15) is 32.6 Å². The van der Waals surface area contributed by atoms with Crippen LogP contribution in [0.4, 0.5) is 185 Å². The molecule has 4 N–H and O–H groups in total. The molecule has 0 aromatic carbocycles. The average Bonchev–Trinajstić information content (AvgIpc) is 3.21. The highest BCUT2D eigenvalue weighted by Crippen LogP contribution is 2.69. The van der Waals surface area contributed by atoms with E-state index in [-0.39, 0.29) is 12.2 Å². The quantitative estimate of drug-likeness (QED) is 0.0724. The number of rotatable bonds is 24. The first-order valence-corrected chi connectivity index (χ1v) is 18.4. The first-order chi connectivity index (χ1) is 33.0. The molecule has 6 nitrogen and oxygen atoms in total. The zero-order valence-corrected chi connectivity index (χ0v) is 35.0. The highest BCUT2D eigenvalue weighted by Gasteiger charge is 2.99. The predicted molar refractivity (Wildman–Crippen MR) is 161 cm³/mol. The van der Waals surface area contributed by atoms with Crippen LogP contribution in [0.3, 0.4) is 0 Å². The van der Waals surface area contributed by atoms with Gasteiger partial charge < -0.3 is 20.8 Å². The SMILES string of the molecule is CC1CCC(CC(F)(F)C(F)(F)C(F)(F)C(F)(F)C(F)(F)C(F)(F)C(F)(F)C(F)(F)C(F)(F)C(F)F)(NC(=O)O)C(CC(F)(F)C(F)(F)C(F)(F)C(F)(F)C(F)(F)C(F)(F)C(F)(F)C(F)(F)C(F)(F)C(F)F)C1NC(=O)O. The van der Waals surface area contributed by atoms with Crippen molar-refractivity contribution >= 4 is 12.2 Å². The molecule has 0 spiro atoms. The van der Waals surface area contributed by atoms with Crippen molar-refractivity contribution in [2.75, 3.05) is 0 Å². The minimum absolute atomic E-state index is 0.0926. The summed E-state index contributed by atoms with van der Waals surface area (Å²) in [6.45, 7) is 0.147. The first kappa shape index (κ1) is 70.8. The molecule has 458 valence electrons. The predicted octanol–water partition coefficient (Wildman–Crippen LogP) is 14.4. The van der Waals surface area contributed by atoms with Gasteiger partial charge >= 0.3 is 132 Å². The molecule has 4 atom stereocenters. The van der Waals surface area contributed by atoms with Gasteiger partial charge in [-0.15, -0.1) is 0 Å². The van der Waals surface area contributed by atoms with Crippen molar-refractivity contribution in [3.63, 3.8) is 0 Å². The largest absolute Gasteiger partial charge is 0.465 e. The van der Waals surface area contributed by atoms with E-state index in [4.69, 9.17) is 5.11 Å². The number of amides is 2. The standard InChI is InChI=1S/C31H20F40N2O4/c1-6-2-3-13(73-12(76)77,5-15(38,39)19(46,47)23(54,55)27(62,63)31(70,71)29(66,67)25(58,59)21(50,51)17(42,43)10(34)35)7(8(6)72-11(74)75)4-14(36,37)18(44,45)22(52,53)26(60,61)30(68,69)28(64,65)24(56,57)20(48,49)16(40,41)9(32)33/h6-10,72-73H,2-5H2,1H3,(H,74,75)(H,76,77). The van der Waals surface area contributed by atoms with Crippen molar-refractivity contribution in [3.8, 4) is 0 Å². The van der Waals surface area contributed by atoms with Crippen LogP contribution in [0, 0.1) is 11.8 Å². The van der Waals surface area contributed by atoms with Gasteiger partial charge in [-0.1, -0.05) is 6.92 Å². The molecule has 0 radical (unpaired) electrons. The third-order valence-corrected chi connectivity index (χ3v) is 11.5. The number of nitrogens with one attached hydrogen (secondary N) is 2. The van der Waals surface area contributed by atoms with Crippen LogP contribution < -0.4 is 10.6 Å². The van der Waals surface area contributed by atoms with Crippen molar-refractivity contribution in [2.24, 2.45) is 11.8 Å². The summed E-state index contributed by atoms with van der Waals surface area (Å²) in [5, 5.41) is 18.9. The van der Waals surface area contributed by atoms with Gasteiger partial charge in [0, 0.05) is 24.8 Å². The van der Waals surface area contributed by atoms with Gasteiger partial charge in [0.05, 0.1) is 5.54 Å². The summed E-state index contributed by atoms with van der Waals surface area (Å²) in [5.74, 6) is -173. The van der Waals surface area contributed by atoms with E-state index in [1.54, 1.807) is 0 Å². The smallest absolute Gasteiger partial charge is 0.405 e. The van der Waals surface area contributed by atoms with E-state index in [9.17, 15) is 155 Å². The molecular formula is C31H20F40N2O4. The van der Waals surface area contributed by atoms with Crippen LogP contribution in [0.25, 0.3) is 0 Å². The Hall–Kier alpha value is -4.26. The number of alkyl halides is 40. The molecule has 2 amide bonds. The number of hydrogen-bond acceptors (Lipinski definition) is 2. The summed E-state index contributed by atoms with van der Waals surface area (Å²) in [6, 6.07) is -3.70. The molecule has 4 unspecified atom stereocenters. The van der Waals surface area contributed by atoms with Gasteiger partial charge in [-0.25, -0.2) is 27.2 Å². The zero-order chi connectivity index (χ0) is 62.8. The van der Waals surface area contributed by atoms with Crippen LogP contribution in [0.5, 0.6) is 0 Å². The number of halogens is 40. The van der Waals surface area contributed by atoms with Crippen LogP contribution in [0.15, 0.2) is 0 Å². The van der Waals surface area contributed by atoms with Gasteiger partial charge in [-0.05, 0) is 18.8 Å². The molecule has 0 saturated heterocycles. The van der Waals surface area contributed by atoms with Crippen molar-refractivity contribution in [1.82, 2.24) is 10.6 Å². The summed E-state index contributed by atoms with van der Waals surface area (Å²) < 4.78 is 566. The molecule has 0 aromatic rings. The van der Waals surface area contributed by atoms with E-state index in [1.807, 2.05) is 0 Å². The van der Waals surface area contributed by atoms with E-state index in [1.165, 1.54) is 0 Å². The molecule has 0 aromatic heterocycles. The Morgan fingerprint density at radius 2 is 0.662 bits per heavy atom. The fourth-order valence-corrected chi connectivity index (χ4v) is 6.97. The summed E-state index contributed by atoms with van der Waals surface area (Å²) in [5.41, 5.74) is -5.29. The number of hydrogen-bond donors (Lipinski definition) is 4. The first-order valence-electron chi connectivity index (χ1n) is 18.4. The minimum atomic E-state index is -9.79. The Kier molecular flexibility index (Phi) is 17.6. The zero-order valence-electron chi connectivity index (χ0n) is 35.0. The Bertz CT molecular complexity index is 2140. The highest BCUT2D eigenvalue weighted by molar-refractivity contribution is 5.67. The second-order valence-electron chi connectivity index (χ2n) is 16.4. The highest BCUT2D eigenvalue weighted by atomic mass is 19.4. The van der Waals surface area contributed by atoms with Gasteiger partial charge in [0.1, 0.15) is 0 Å². The molecule has 1 saturated carbocycles. The Labute approximate surface area is 394 Å². The topological polar surface area (TPSA) is 98.7 Å². The van der Waals surface area contributed by atoms with Crippen LogP contribution in [-0.4, -0.2) is 153 Å². The molecule has 1 aliphatic rings. The van der Waals surface area contributed by atoms with Crippen molar-refractivity contribution in [2.45, 2.75) is 164 Å². The molecule has 77 heavy (non-hydrogen) atoms. The molecule has 1 rings (SSSR count). The lowest BCUT2D eigenvalue weighted by Gasteiger charge is -2.53. The summed E-state index contributed by atoms with van der Waals surface area (Å²) in [4.78, 5) is 23.1. The maximum atomic E-state index is 15.5. The lowest BCUT2D eigenvalue weighted by molar-refractivity contribution is -0.466. The fourth-order valence-electron chi connectivity index (χ4n) is 6.97. The van der Waals surface area contributed by atoms with Gasteiger partial charge in [0.2, 0.25) is 0 Å².